The molecule has 1 rings (SSSR count). The summed E-state index contributed by atoms with van der Waals surface area (Å²) >= 11 is 6.22. The molecule has 0 spiro atoms. The molecule has 1 aromatic heterocycles. The van der Waals surface area contributed by atoms with Crippen molar-refractivity contribution >= 4 is 17.4 Å². The molecule has 0 aliphatic carbocycles. The average Bonchev–Trinajstić information content (AvgIpc) is 2.34. The van der Waals surface area contributed by atoms with Crippen LogP contribution in [0.3, 0.4) is 0 Å². The molecule has 0 amide bonds. The summed E-state index contributed by atoms with van der Waals surface area (Å²) in [5.41, 5.74) is 0.926. The number of nitrogens with one attached hydrogen (secondary N) is 1. The van der Waals surface area contributed by atoms with E-state index in [2.05, 4.69) is 44.8 Å². The van der Waals surface area contributed by atoms with Crippen LogP contribution < -0.4 is 10.2 Å². The lowest BCUT2D eigenvalue weighted by molar-refractivity contribution is 0.579. The molecular formula is C15H26ClN3. The van der Waals surface area contributed by atoms with Crippen molar-refractivity contribution in [1.29, 1.82) is 0 Å². The number of rotatable bonds is 7. The molecule has 0 radical (unpaired) electrons. The highest BCUT2D eigenvalue weighted by Gasteiger charge is 2.13. The number of hydrogen-bond acceptors (Lipinski definition) is 3. The Morgan fingerprint density at radius 1 is 1.26 bits per heavy atom. The van der Waals surface area contributed by atoms with E-state index >= 15 is 0 Å². The third kappa shape index (κ3) is 5.00. The molecular weight excluding hydrogens is 258 g/mol. The molecule has 0 bridgehead atoms. The summed E-state index contributed by atoms with van der Waals surface area (Å²) in [7, 11) is 0. The van der Waals surface area contributed by atoms with E-state index in [-0.39, 0.29) is 0 Å². The summed E-state index contributed by atoms with van der Waals surface area (Å²) in [4.78, 5) is 7.03. The monoisotopic (exact) mass is 283 g/mol. The lowest BCUT2D eigenvalue weighted by atomic mass is 10.2. The summed E-state index contributed by atoms with van der Waals surface area (Å²) in [6, 6.07) is 4.83. The van der Waals surface area contributed by atoms with Crippen LogP contribution in [0.1, 0.15) is 46.7 Å². The predicted molar refractivity (Wildman–Crippen MR) is 84.0 cm³/mol. The highest BCUT2D eigenvalue weighted by atomic mass is 35.5. The minimum Gasteiger partial charge on any atom is -0.354 e. The molecule has 4 heteroatoms. The maximum Gasteiger partial charge on any atom is 0.129 e. The van der Waals surface area contributed by atoms with Crippen LogP contribution in [0.2, 0.25) is 5.02 Å². The maximum absolute atomic E-state index is 6.22. The van der Waals surface area contributed by atoms with Gasteiger partial charge in [-0.2, -0.15) is 0 Å². The molecule has 19 heavy (non-hydrogen) atoms. The fraction of sp³-hybridized carbons (Fsp3) is 0.667. The first kappa shape index (κ1) is 16.3. The topological polar surface area (TPSA) is 28.2 Å². The summed E-state index contributed by atoms with van der Waals surface area (Å²) in [6.07, 6.45) is 1.11. The van der Waals surface area contributed by atoms with Crippen molar-refractivity contribution in [2.45, 2.75) is 59.7 Å². The second-order valence-electron chi connectivity index (χ2n) is 5.42. The molecule has 1 aromatic rings. The van der Waals surface area contributed by atoms with Gasteiger partial charge in [-0.1, -0.05) is 32.4 Å². The average molecular weight is 284 g/mol. The van der Waals surface area contributed by atoms with E-state index in [0.717, 1.165) is 29.5 Å². The number of nitrogens with zero attached hydrogens (tertiary/aromatic N) is 2. The van der Waals surface area contributed by atoms with Gasteiger partial charge in [0.25, 0.3) is 0 Å². The molecule has 0 aliphatic rings. The van der Waals surface area contributed by atoms with Crippen LogP contribution in [0, 0.1) is 0 Å². The third-order valence-corrected chi connectivity index (χ3v) is 3.31. The van der Waals surface area contributed by atoms with Gasteiger partial charge in [0, 0.05) is 25.2 Å². The summed E-state index contributed by atoms with van der Waals surface area (Å²) in [5, 5.41) is 4.10. The number of halogens is 1. The van der Waals surface area contributed by atoms with Gasteiger partial charge in [0.15, 0.2) is 0 Å². The van der Waals surface area contributed by atoms with Gasteiger partial charge in [0.05, 0.1) is 10.7 Å². The molecule has 3 nitrogen and oxygen atoms in total. The lowest BCUT2D eigenvalue weighted by Gasteiger charge is -2.28. The number of pyridine rings is 1. The number of hydrogen-bond donors (Lipinski definition) is 1. The third-order valence-electron chi connectivity index (χ3n) is 2.96. The van der Waals surface area contributed by atoms with Crippen LogP contribution in [-0.2, 0) is 6.54 Å². The molecule has 0 unspecified atom stereocenters. The van der Waals surface area contributed by atoms with Crippen LogP contribution in [0.5, 0.6) is 0 Å². The van der Waals surface area contributed by atoms with Crippen LogP contribution in [0.4, 0.5) is 5.82 Å². The summed E-state index contributed by atoms with van der Waals surface area (Å²) in [6.45, 7) is 12.5. The first-order valence-electron chi connectivity index (χ1n) is 7.11. The van der Waals surface area contributed by atoms with Crippen LogP contribution in [0.15, 0.2) is 12.1 Å². The van der Waals surface area contributed by atoms with Crippen molar-refractivity contribution < 1.29 is 0 Å². The van der Waals surface area contributed by atoms with E-state index in [0.29, 0.717) is 18.6 Å². The van der Waals surface area contributed by atoms with Crippen molar-refractivity contribution in [3.05, 3.63) is 22.8 Å². The smallest absolute Gasteiger partial charge is 0.129 e. The lowest BCUT2D eigenvalue weighted by Crippen LogP contribution is -2.32. The van der Waals surface area contributed by atoms with Gasteiger partial charge in [-0.3, -0.25) is 0 Å². The molecule has 1 N–H and O–H groups in total. The standard InChI is InChI=1S/C15H26ClN3/c1-6-9-19(12(4)5)15-8-7-13(16)14(18-15)10-17-11(2)3/h7-8,11-12,17H,6,9-10H2,1-5H3. The Hall–Kier alpha value is -0.800. The Bertz CT molecular complexity index is 391. The first-order valence-corrected chi connectivity index (χ1v) is 7.49. The minimum atomic E-state index is 0.429. The second-order valence-corrected chi connectivity index (χ2v) is 5.83. The summed E-state index contributed by atoms with van der Waals surface area (Å²) in [5.74, 6) is 1.02. The first-order chi connectivity index (χ1) is 8.95. The van der Waals surface area contributed by atoms with Crippen LogP contribution >= 0.6 is 11.6 Å². The fourth-order valence-electron chi connectivity index (χ4n) is 1.94. The van der Waals surface area contributed by atoms with E-state index in [1.54, 1.807) is 0 Å². The Balaban J connectivity index is 2.92. The van der Waals surface area contributed by atoms with Crippen LogP contribution in [-0.4, -0.2) is 23.6 Å². The molecule has 0 fully saturated rings. The van der Waals surface area contributed by atoms with Gasteiger partial charge in [-0.05, 0) is 32.4 Å². The van der Waals surface area contributed by atoms with E-state index in [4.69, 9.17) is 16.6 Å². The largest absolute Gasteiger partial charge is 0.354 e. The Kier molecular flexibility index (Phi) is 6.59. The minimum absolute atomic E-state index is 0.429. The highest BCUT2D eigenvalue weighted by molar-refractivity contribution is 6.31. The normalized spacial score (nSPS) is 11.4. The van der Waals surface area contributed by atoms with E-state index < -0.39 is 0 Å². The fourth-order valence-corrected chi connectivity index (χ4v) is 2.11. The van der Waals surface area contributed by atoms with Crippen molar-refractivity contribution in [2.24, 2.45) is 0 Å². The molecule has 0 aromatic carbocycles. The van der Waals surface area contributed by atoms with E-state index in [1.807, 2.05) is 12.1 Å². The van der Waals surface area contributed by atoms with Crippen molar-refractivity contribution in [1.82, 2.24) is 10.3 Å². The summed E-state index contributed by atoms with van der Waals surface area (Å²) < 4.78 is 0. The predicted octanol–water partition coefficient (Wildman–Crippen LogP) is 3.86. The maximum atomic E-state index is 6.22. The zero-order valence-electron chi connectivity index (χ0n) is 12.7. The Morgan fingerprint density at radius 3 is 2.47 bits per heavy atom. The second kappa shape index (κ2) is 7.71. The molecule has 0 atom stereocenters. The molecule has 108 valence electrons. The number of anilines is 1. The van der Waals surface area contributed by atoms with Crippen molar-refractivity contribution in [3.8, 4) is 0 Å². The SMILES string of the molecule is CCCN(c1ccc(Cl)c(CNC(C)C)n1)C(C)C. The van der Waals surface area contributed by atoms with Gasteiger partial charge in [-0.15, -0.1) is 0 Å². The van der Waals surface area contributed by atoms with Crippen molar-refractivity contribution in [2.75, 3.05) is 11.4 Å². The van der Waals surface area contributed by atoms with Gasteiger partial charge in [0.2, 0.25) is 0 Å². The molecule has 0 saturated heterocycles. The Morgan fingerprint density at radius 2 is 1.95 bits per heavy atom. The van der Waals surface area contributed by atoms with Crippen LogP contribution in [0.25, 0.3) is 0 Å². The molecule has 0 saturated carbocycles. The van der Waals surface area contributed by atoms with Gasteiger partial charge in [0.1, 0.15) is 5.82 Å². The highest BCUT2D eigenvalue weighted by Crippen LogP contribution is 2.21. The zero-order valence-corrected chi connectivity index (χ0v) is 13.5. The Labute approximate surface area is 122 Å². The van der Waals surface area contributed by atoms with Crippen molar-refractivity contribution in [3.63, 3.8) is 0 Å². The van der Waals surface area contributed by atoms with E-state index in [9.17, 15) is 0 Å². The van der Waals surface area contributed by atoms with Gasteiger partial charge < -0.3 is 10.2 Å². The molecule has 0 aliphatic heterocycles. The number of aromatic nitrogens is 1. The zero-order chi connectivity index (χ0) is 14.4. The van der Waals surface area contributed by atoms with Gasteiger partial charge >= 0.3 is 0 Å². The molecule has 1 heterocycles. The van der Waals surface area contributed by atoms with Gasteiger partial charge in [-0.25, -0.2) is 4.98 Å². The van der Waals surface area contributed by atoms with E-state index in [1.165, 1.54) is 0 Å². The quantitative estimate of drug-likeness (QED) is 0.824.